The zero-order valence-electron chi connectivity index (χ0n) is 18.3. The number of aromatic nitrogens is 3. The lowest BCUT2D eigenvalue weighted by atomic mass is 9.93. The summed E-state index contributed by atoms with van der Waals surface area (Å²) in [5.74, 6) is 1.36. The maximum Gasteiger partial charge on any atom is 0.218 e. The van der Waals surface area contributed by atoms with Crippen molar-refractivity contribution in [2.45, 2.75) is 30.1 Å². The molecule has 3 N–H and O–H groups in total. The van der Waals surface area contributed by atoms with E-state index >= 15 is 0 Å². The first-order valence-corrected chi connectivity index (χ1v) is 11.6. The van der Waals surface area contributed by atoms with E-state index in [1.807, 2.05) is 12.1 Å². The number of anilines is 2. The minimum Gasteiger partial charge on any atom is -0.495 e. The number of nitrogens with zero attached hydrogens (tertiary/aromatic N) is 4. The standard InChI is InChI=1S/C23H24F2N6OS/c1-22(12-33-23(11-24,14-3-4-14)21(26)31-22)17-8-15(9-29-19(17)25)30-20-18-13(5-6-27-20)7-16(32-2)10-28-18/h5-10,14H,3-4,11-12H2,1-2H3,(H2,26,31)(H,27,30)/t22-,23-/m0/s1. The highest BCUT2D eigenvalue weighted by molar-refractivity contribution is 8.01. The van der Waals surface area contributed by atoms with Gasteiger partial charge in [0, 0.05) is 22.9 Å². The van der Waals surface area contributed by atoms with Crippen LogP contribution in [0.3, 0.4) is 0 Å². The van der Waals surface area contributed by atoms with Gasteiger partial charge in [0.25, 0.3) is 0 Å². The Morgan fingerprint density at radius 1 is 1.24 bits per heavy atom. The van der Waals surface area contributed by atoms with Crippen molar-refractivity contribution in [3.8, 4) is 5.75 Å². The second kappa shape index (κ2) is 8.09. The molecule has 10 heteroatoms. The van der Waals surface area contributed by atoms with Crippen molar-refractivity contribution in [3.63, 3.8) is 0 Å². The molecule has 1 fully saturated rings. The molecule has 3 aromatic rings. The maximum absolute atomic E-state index is 14.9. The summed E-state index contributed by atoms with van der Waals surface area (Å²) in [6, 6.07) is 5.35. The van der Waals surface area contributed by atoms with Gasteiger partial charge >= 0.3 is 0 Å². The van der Waals surface area contributed by atoms with Gasteiger partial charge in [0.1, 0.15) is 28.5 Å². The van der Waals surface area contributed by atoms with Crippen molar-refractivity contribution < 1.29 is 13.5 Å². The van der Waals surface area contributed by atoms with Gasteiger partial charge in [-0.1, -0.05) is 0 Å². The number of nitrogens with one attached hydrogen (secondary N) is 1. The van der Waals surface area contributed by atoms with Crippen LogP contribution in [0.4, 0.5) is 20.3 Å². The van der Waals surface area contributed by atoms with Gasteiger partial charge in [-0.05, 0) is 43.9 Å². The molecule has 0 unspecified atom stereocenters. The SMILES string of the molecule is COc1cnc2c(Nc3cnc(F)c([C@]4(C)CS[C@@](CF)(C5CC5)C(N)=N4)c3)nccc2c1. The Hall–Kier alpha value is -3.01. The summed E-state index contributed by atoms with van der Waals surface area (Å²) >= 11 is 1.44. The molecule has 4 heterocycles. The lowest BCUT2D eigenvalue weighted by molar-refractivity contribution is 0.409. The molecule has 1 aliphatic carbocycles. The second-order valence-electron chi connectivity index (χ2n) is 8.65. The molecule has 0 saturated heterocycles. The van der Waals surface area contributed by atoms with Crippen molar-refractivity contribution in [2.75, 3.05) is 24.9 Å². The summed E-state index contributed by atoms with van der Waals surface area (Å²) < 4.78 is 33.3. The number of hydrogen-bond acceptors (Lipinski definition) is 8. The Bertz CT molecular complexity index is 1250. The van der Waals surface area contributed by atoms with Gasteiger partial charge in [-0.25, -0.2) is 19.3 Å². The normalized spacial score (nSPS) is 25.0. The van der Waals surface area contributed by atoms with Crippen LogP contribution in [0.2, 0.25) is 0 Å². The summed E-state index contributed by atoms with van der Waals surface area (Å²) in [5.41, 5.74) is 6.78. The largest absolute Gasteiger partial charge is 0.495 e. The first-order valence-electron chi connectivity index (χ1n) is 10.7. The van der Waals surface area contributed by atoms with Crippen molar-refractivity contribution in [2.24, 2.45) is 16.6 Å². The van der Waals surface area contributed by atoms with Crippen molar-refractivity contribution >= 4 is 40.0 Å². The first-order chi connectivity index (χ1) is 15.9. The minimum atomic E-state index is -0.963. The van der Waals surface area contributed by atoms with Crippen LogP contribution in [0.25, 0.3) is 10.9 Å². The topological polar surface area (TPSA) is 98.3 Å². The quantitative estimate of drug-likeness (QED) is 0.517. The van der Waals surface area contributed by atoms with Gasteiger partial charge in [-0.3, -0.25) is 4.99 Å². The predicted molar refractivity (Wildman–Crippen MR) is 126 cm³/mol. The number of methoxy groups -OCH3 is 1. The van der Waals surface area contributed by atoms with Crippen LogP contribution in [-0.4, -0.2) is 45.1 Å². The molecule has 3 aromatic heterocycles. The summed E-state index contributed by atoms with van der Waals surface area (Å²) in [6.07, 6.45) is 6.54. The van der Waals surface area contributed by atoms with Crippen LogP contribution < -0.4 is 15.8 Å². The number of hydrogen-bond donors (Lipinski definition) is 2. The first kappa shape index (κ1) is 21.8. The number of alkyl halides is 1. The molecule has 0 bridgehead atoms. The molecule has 2 aliphatic rings. The van der Waals surface area contributed by atoms with E-state index < -0.39 is 22.9 Å². The Labute approximate surface area is 194 Å². The maximum atomic E-state index is 14.9. The Morgan fingerprint density at radius 3 is 2.76 bits per heavy atom. The summed E-state index contributed by atoms with van der Waals surface area (Å²) in [7, 11) is 1.58. The predicted octanol–water partition coefficient (Wildman–Crippen LogP) is 4.35. The summed E-state index contributed by atoms with van der Waals surface area (Å²) in [4.78, 5) is 17.4. The molecule has 1 saturated carbocycles. The average Bonchev–Trinajstić information content (AvgIpc) is 3.66. The molecule has 7 nitrogen and oxygen atoms in total. The monoisotopic (exact) mass is 470 g/mol. The average molecular weight is 471 g/mol. The third kappa shape index (κ3) is 3.76. The molecule has 1 aliphatic heterocycles. The second-order valence-corrected chi connectivity index (χ2v) is 9.96. The highest BCUT2D eigenvalue weighted by Crippen LogP contribution is 2.53. The Balaban J connectivity index is 1.49. The van der Waals surface area contributed by atoms with Crippen LogP contribution in [0, 0.1) is 11.9 Å². The van der Waals surface area contributed by atoms with Crippen LogP contribution in [0.15, 0.2) is 41.8 Å². The molecule has 0 aromatic carbocycles. The van der Waals surface area contributed by atoms with Crippen LogP contribution in [0.1, 0.15) is 25.3 Å². The van der Waals surface area contributed by atoms with Gasteiger partial charge in [-0.15, -0.1) is 11.8 Å². The molecule has 5 rings (SSSR count). The van der Waals surface area contributed by atoms with E-state index in [9.17, 15) is 8.78 Å². The highest BCUT2D eigenvalue weighted by atomic mass is 32.2. The van der Waals surface area contributed by atoms with E-state index in [0.29, 0.717) is 34.1 Å². The van der Waals surface area contributed by atoms with Crippen molar-refractivity contribution in [3.05, 3.63) is 48.3 Å². The fourth-order valence-corrected chi connectivity index (χ4v) is 5.74. The minimum absolute atomic E-state index is 0.195. The molecule has 172 valence electrons. The number of fused-ring (bicyclic) bond motifs is 1. The fourth-order valence-electron chi connectivity index (χ4n) is 4.24. The molecule has 0 spiro atoms. The van der Waals surface area contributed by atoms with E-state index in [0.717, 1.165) is 18.2 Å². The van der Waals surface area contributed by atoms with Gasteiger partial charge in [0.2, 0.25) is 5.95 Å². The third-order valence-corrected chi connectivity index (χ3v) is 8.21. The van der Waals surface area contributed by atoms with E-state index in [1.54, 1.807) is 32.5 Å². The lowest BCUT2D eigenvalue weighted by Crippen LogP contribution is -2.51. The van der Waals surface area contributed by atoms with E-state index in [4.69, 9.17) is 10.5 Å². The zero-order valence-corrected chi connectivity index (χ0v) is 19.1. The molecule has 33 heavy (non-hydrogen) atoms. The molecule has 2 atom stereocenters. The Morgan fingerprint density at radius 2 is 2.06 bits per heavy atom. The van der Waals surface area contributed by atoms with E-state index in [1.165, 1.54) is 18.0 Å². The van der Waals surface area contributed by atoms with Crippen LogP contribution in [-0.2, 0) is 5.54 Å². The summed E-state index contributed by atoms with van der Waals surface area (Å²) in [6.45, 7) is 1.23. The number of nitrogens with two attached hydrogens (primary N) is 1. The molecular formula is C23H24F2N6OS. The number of thioether (sulfide) groups is 1. The number of aliphatic imine (C=N–C) groups is 1. The smallest absolute Gasteiger partial charge is 0.218 e. The van der Waals surface area contributed by atoms with Gasteiger partial charge in [-0.2, -0.15) is 4.39 Å². The Kier molecular flexibility index (Phi) is 5.35. The van der Waals surface area contributed by atoms with E-state index in [2.05, 4.69) is 25.3 Å². The van der Waals surface area contributed by atoms with Gasteiger partial charge < -0.3 is 15.8 Å². The van der Waals surface area contributed by atoms with Crippen molar-refractivity contribution in [1.82, 2.24) is 15.0 Å². The van der Waals surface area contributed by atoms with Crippen LogP contribution in [0.5, 0.6) is 5.75 Å². The summed E-state index contributed by atoms with van der Waals surface area (Å²) in [5, 5.41) is 4.03. The molecule has 0 amide bonds. The number of halogens is 2. The van der Waals surface area contributed by atoms with E-state index in [-0.39, 0.29) is 11.8 Å². The van der Waals surface area contributed by atoms with Gasteiger partial charge in [0.15, 0.2) is 5.82 Å². The van der Waals surface area contributed by atoms with Crippen LogP contribution >= 0.6 is 11.8 Å². The zero-order chi connectivity index (χ0) is 23.2. The molecule has 0 radical (unpaired) electrons. The highest BCUT2D eigenvalue weighted by Gasteiger charge is 2.53. The molecular weight excluding hydrogens is 446 g/mol. The number of pyridine rings is 3. The van der Waals surface area contributed by atoms with Gasteiger partial charge in [0.05, 0.1) is 30.7 Å². The fraction of sp³-hybridized carbons (Fsp3) is 0.391. The number of rotatable bonds is 6. The third-order valence-electron chi connectivity index (χ3n) is 6.34. The van der Waals surface area contributed by atoms with Crippen molar-refractivity contribution in [1.29, 1.82) is 0 Å². The lowest BCUT2D eigenvalue weighted by Gasteiger charge is -2.40. The number of ether oxygens (including phenoxy) is 1. The number of amidine groups is 1.